The quantitative estimate of drug-likeness (QED) is 0.448. The Labute approximate surface area is 171 Å². The van der Waals surface area contributed by atoms with Crippen molar-refractivity contribution in [1.82, 2.24) is 4.98 Å². The van der Waals surface area contributed by atoms with Crippen LogP contribution in [0.2, 0.25) is 0 Å². The first-order valence-electron chi connectivity index (χ1n) is 9.55. The Hall–Kier alpha value is -2.90. The van der Waals surface area contributed by atoms with E-state index in [4.69, 9.17) is 4.98 Å². The molecule has 0 aliphatic rings. The van der Waals surface area contributed by atoms with Crippen LogP contribution in [0.25, 0.3) is 22.9 Å². The highest BCUT2D eigenvalue weighted by Gasteiger charge is 2.09. The summed E-state index contributed by atoms with van der Waals surface area (Å²) in [6.45, 7) is 2.21. The maximum atomic E-state index is 9.62. The lowest BCUT2D eigenvalue weighted by molar-refractivity contribution is 0.795. The minimum atomic E-state index is 0.591. The highest BCUT2D eigenvalue weighted by atomic mass is 32.1. The highest BCUT2D eigenvalue weighted by Crippen LogP contribution is 2.28. The van der Waals surface area contributed by atoms with Crippen molar-refractivity contribution in [1.29, 1.82) is 5.26 Å². The Morgan fingerprint density at radius 3 is 2.43 bits per heavy atom. The van der Waals surface area contributed by atoms with Gasteiger partial charge in [-0.2, -0.15) is 5.26 Å². The normalized spacial score (nSPS) is 11.3. The van der Waals surface area contributed by atoms with Crippen molar-refractivity contribution in [2.75, 3.05) is 19.0 Å². The van der Waals surface area contributed by atoms with E-state index in [-0.39, 0.29) is 0 Å². The Kier molecular flexibility index (Phi) is 6.62. The van der Waals surface area contributed by atoms with Gasteiger partial charge in [-0.1, -0.05) is 49.7 Å². The average molecular weight is 388 g/mol. The summed E-state index contributed by atoms with van der Waals surface area (Å²) in [5.41, 5.74) is 6.10. The van der Waals surface area contributed by atoms with Crippen LogP contribution in [0.5, 0.6) is 0 Å². The highest BCUT2D eigenvalue weighted by molar-refractivity contribution is 7.11. The zero-order valence-corrected chi connectivity index (χ0v) is 17.5. The van der Waals surface area contributed by atoms with Crippen LogP contribution in [0.3, 0.4) is 0 Å². The number of unbranched alkanes of at least 4 members (excludes halogenated alkanes) is 1. The number of allylic oxidation sites excluding steroid dienone is 1. The van der Waals surface area contributed by atoms with E-state index in [0.717, 1.165) is 33.9 Å². The van der Waals surface area contributed by atoms with E-state index < -0.39 is 0 Å². The van der Waals surface area contributed by atoms with Gasteiger partial charge in [0.25, 0.3) is 0 Å². The number of anilines is 1. The van der Waals surface area contributed by atoms with Crippen molar-refractivity contribution >= 4 is 28.7 Å². The number of nitrogens with zero attached hydrogens (tertiary/aromatic N) is 3. The van der Waals surface area contributed by atoms with E-state index in [2.05, 4.69) is 42.2 Å². The molecule has 2 aromatic carbocycles. The Morgan fingerprint density at radius 1 is 1.11 bits per heavy atom. The van der Waals surface area contributed by atoms with Gasteiger partial charge >= 0.3 is 0 Å². The fourth-order valence-electron chi connectivity index (χ4n) is 2.93. The summed E-state index contributed by atoms with van der Waals surface area (Å²) >= 11 is 1.51. The fourth-order valence-corrected chi connectivity index (χ4v) is 3.72. The predicted octanol–water partition coefficient (Wildman–Crippen LogP) is 6.28. The van der Waals surface area contributed by atoms with E-state index in [1.807, 2.05) is 49.8 Å². The van der Waals surface area contributed by atoms with Crippen LogP contribution < -0.4 is 4.90 Å². The first-order chi connectivity index (χ1) is 13.6. The maximum Gasteiger partial charge on any atom is 0.134 e. The third kappa shape index (κ3) is 4.88. The molecule has 0 fully saturated rings. The van der Waals surface area contributed by atoms with Crippen molar-refractivity contribution in [3.05, 3.63) is 70.0 Å². The Morgan fingerprint density at radius 2 is 1.82 bits per heavy atom. The molecule has 3 aromatic rings. The molecule has 0 atom stereocenters. The predicted molar refractivity (Wildman–Crippen MR) is 120 cm³/mol. The number of hydrogen-bond donors (Lipinski definition) is 0. The Balaban J connectivity index is 1.80. The van der Waals surface area contributed by atoms with Crippen LogP contribution in [-0.2, 0) is 6.42 Å². The average Bonchev–Trinajstić information content (AvgIpc) is 3.21. The zero-order chi connectivity index (χ0) is 19.9. The van der Waals surface area contributed by atoms with Gasteiger partial charge in [-0.3, -0.25) is 0 Å². The number of aromatic nitrogens is 1. The molecule has 0 radical (unpaired) electrons. The third-order valence-electron chi connectivity index (χ3n) is 4.64. The SMILES string of the molecule is CCCCc1ccc(-c2csc(/C(C#N)=C/c3ccc(N(C)C)cc3)n2)cc1. The maximum absolute atomic E-state index is 9.62. The van der Waals surface area contributed by atoms with Crippen molar-refractivity contribution in [2.24, 2.45) is 0 Å². The first-order valence-corrected chi connectivity index (χ1v) is 10.4. The molecule has 28 heavy (non-hydrogen) atoms. The molecule has 3 rings (SSSR count). The second kappa shape index (κ2) is 9.34. The van der Waals surface area contributed by atoms with Gasteiger partial charge in [0.05, 0.1) is 11.3 Å². The molecule has 142 valence electrons. The minimum absolute atomic E-state index is 0.591. The molecule has 0 saturated heterocycles. The molecule has 0 saturated carbocycles. The van der Waals surface area contributed by atoms with Gasteiger partial charge in [0, 0.05) is 30.7 Å². The largest absolute Gasteiger partial charge is 0.378 e. The monoisotopic (exact) mass is 387 g/mol. The van der Waals surface area contributed by atoms with E-state index in [0.29, 0.717) is 5.57 Å². The van der Waals surface area contributed by atoms with Crippen LogP contribution in [0.4, 0.5) is 5.69 Å². The summed E-state index contributed by atoms with van der Waals surface area (Å²) in [5.74, 6) is 0. The van der Waals surface area contributed by atoms with Crippen LogP contribution in [0, 0.1) is 11.3 Å². The second-order valence-corrected chi connectivity index (χ2v) is 7.85. The van der Waals surface area contributed by atoms with Crippen LogP contribution >= 0.6 is 11.3 Å². The molecule has 0 bridgehead atoms. The van der Waals surface area contributed by atoms with Crippen molar-refractivity contribution in [2.45, 2.75) is 26.2 Å². The van der Waals surface area contributed by atoms with Gasteiger partial charge in [-0.15, -0.1) is 11.3 Å². The van der Waals surface area contributed by atoms with Crippen LogP contribution in [-0.4, -0.2) is 19.1 Å². The van der Waals surface area contributed by atoms with E-state index in [1.165, 1.54) is 29.7 Å². The number of nitriles is 1. The number of thiazole rings is 1. The van der Waals surface area contributed by atoms with Gasteiger partial charge in [-0.25, -0.2) is 4.98 Å². The van der Waals surface area contributed by atoms with Crippen molar-refractivity contribution in [3.63, 3.8) is 0 Å². The lowest BCUT2D eigenvalue weighted by atomic mass is 10.1. The molecule has 0 spiro atoms. The Bertz CT molecular complexity index is 974. The molecule has 0 aliphatic carbocycles. The molecule has 4 heteroatoms. The summed E-state index contributed by atoms with van der Waals surface area (Å²) in [6.07, 6.45) is 5.44. The molecule has 1 aromatic heterocycles. The summed E-state index contributed by atoms with van der Waals surface area (Å²) in [5, 5.41) is 12.4. The third-order valence-corrected chi connectivity index (χ3v) is 5.52. The fraction of sp³-hybridized carbons (Fsp3) is 0.250. The topological polar surface area (TPSA) is 39.9 Å². The van der Waals surface area contributed by atoms with Gasteiger partial charge in [0.15, 0.2) is 0 Å². The number of benzene rings is 2. The molecule has 0 amide bonds. The number of hydrogen-bond acceptors (Lipinski definition) is 4. The van der Waals surface area contributed by atoms with Crippen molar-refractivity contribution in [3.8, 4) is 17.3 Å². The van der Waals surface area contributed by atoms with Crippen molar-refractivity contribution < 1.29 is 0 Å². The molecular formula is C24H25N3S. The summed E-state index contributed by atoms with van der Waals surface area (Å²) in [7, 11) is 4.03. The smallest absolute Gasteiger partial charge is 0.134 e. The zero-order valence-electron chi connectivity index (χ0n) is 16.6. The standard InChI is InChI=1S/C24H25N3S/c1-4-5-6-18-7-11-20(12-8-18)23-17-28-24(26-23)21(16-25)15-19-9-13-22(14-10-19)27(2)3/h7-15,17H,4-6H2,1-3H3/b21-15+. The second-order valence-electron chi connectivity index (χ2n) is 6.99. The van der Waals surface area contributed by atoms with Gasteiger partial charge in [0.1, 0.15) is 11.1 Å². The molecule has 0 unspecified atom stereocenters. The van der Waals surface area contributed by atoms with Crippen LogP contribution in [0.15, 0.2) is 53.9 Å². The summed E-state index contributed by atoms with van der Waals surface area (Å²) in [6, 6.07) is 19.1. The lowest BCUT2D eigenvalue weighted by Crippen LogP contribution is -2.07. The van der Waals surface area contributed by atoms with Gasteiger partial charge in [-0.05, 0) is 42.2 Å². The number of aryl methyl sites for hydroxylation is 1. The molecule has 1 heterocycles. The minimum Gasteiger partial charge on any atom is -0.378 e. The molecule has 0 aliphatic heterocycles. The number of rotatable bonds is 7. The van der Waals surface area contributed by atoms with Gasteiger partial charge in [0.2, 0.25) is 0 Å². The van der Waals surface area contributed by atoms with E-state index >= 15 is 0 Å². The lowest BCUT2D eigenvalue weighted by Gasteiger charge is -2.11. The summed E-state index contributed by atoms with van der Waals surface area (Å²) < 4.78 is 0. The van der Waals surface area contributed by atoms with E-state index in [9.17, 15) is 5.26 Å². The van der Waals surface area contributed by atoms with Crippen LogP contribution in [0.1, 0.15) is 35.9 Å². The molecule has 0 N–H and O–H groups in total. The van der Waals surface area contributed by atoms with E-state index in [1.54, 1.807) is 0 Å². The molecule has 3 nitrogen and oxygen atoms in total. The molecular weight excluding hydrogens is 362 g/mol. The van der Waals surface area contributed by atoms with Gasteiger partial charge < -0.3 is 4.90 Å². The summed E-state index contributed by atoms with van der Waals surface area (Å²) in [4.78, 5) is 6.76. The first kappa shape index (κ1) is 19.9.